The van der Waals surface area contributed by atoms with Gasteiger partial charge >= 0.3 is 0 Å². The third-order valence-corrected chi connectivity index (χ3v) is 5.15. The van der Waals surface area contributed by atoms with E-state index in [4.69, 9.17) is 11.6 Å². The average molecular weight is 326 g/mol. The first kappa shape index (κ1) is 14.7. The molecule has 0 saturated carbocycles. The lowest BCUT2D eigenvalue weighted by Gasteiger charge is -2.25. The first-order valence-electron chi connectivity index (χ1n) is 8.22. The van der Waals surface area contributed by atoms with Crippen molar-refractivity contribution in [3.05, 3.63) is 71.0 Å². The molecule has 1 saturated heterocycles. The summed E-state index contributed by atoms with van der Waals surface area (Å²) in [6, 6.07) is 14.9. The molecule has 0 bridgehead atoms. The van der Waals surface area contributed by atoms with E-state index in [-0.39, 0.29) is 0 Å². The van der Waals surface area contributed by atoms with E-state index in [1.165, 1.54) is 29.5 Å². The topological polar surface area (TPSA) is 20.5 Å². The SMILES string of the molecule is Clc1ccccc1[C@@H]1CCCN1CCc1cnn2ccccc12. The van der Waals surface area contributed by atoms with Gasteiger partial charge in [-0.15, -0.1) is 0 Å². The van der Waals surface area contributed by atoms with Crippen molar-refractivity contribution in [3.8, 4) is 0 Å². The molecule has 0 N–H and O–H groups in total. The van der Waals surface area contributed by atoms with Gasteiger partial charge in [0.2, 0.25) is 0 Å². The molecular formula is C19H20ClN3. The lowest BCUT2D eigenvalue weighted by Crippen LogP contribution is -2.25. The van der Waals surface area contributed by atoms with Gasteiger partial charge in [-0.05, 0) is 55.1 Å². The monoisotopic (exact) mass is 325 g/mol. The number of hydrogen-bond donors (Lipinski definition) is 0. The Kier molecular flexibility index (Phi) is 4.06. The van der Waals surface area contributed by atoms with Gasteiger partial charge in [0, 0.05) is 23.8 Å². The number of nitrogens with zero attached hydrogens (tertiary/aromatic N) is 3. The van der Waals surface area contributed by atoms with Crippen LogP contribution in [-0.4, -0.2) is 27.6 Å². The molecule has 2 aromatic heterocycles. The van der Waals surface area contributed by atoms with Crippen LogP contribution in [0.4, 0.5) is 0 Å². The van der Waals surface area contributed by atoms with Crippen molar-refractivity contribution in [3.63, 3.8) is 0 Å². The van der Waals surface area contributed by atoms with Crippen molar-refractivity contribution in [2.24, 2.45) is 0 Å². The maximum Gasteiger partial charge on any atom is 0.0694 e. The number of pyridine rings is 1. The summed E-state index contributed by atoms with van der Waals surface area (Å²) < 4.78 is 1.95. The predicted molar refractivity (Wildman–Crippen MR) is 93.9 cm³/mol. The molecule has 118 valence electrons. The summed E-state index contributed by atoms with van der Waals surface area (Å²) in [5, 5.41) is 5.32. The van der Waals surface area contributed by atoms with E-state index in [0.29, 0.717) is 6.04 Å². The van der Waals surface area contributed by atoms with Gasteiger partial charge in [-0.25, -0.2) is 4.52 Å². The minimum Gasteiger partial charge on any atom is -0.296 e. The molecule has 0 aliphatic carbocycles. The van der Waals surface area contributed by atoms with Gasteiger partial charge in [0.05, 0.1) is 11.7 Å². The Bertz CT molecular complexity index is 811. The minimum atomic E-state index is 0.450. The highest BCUT2D eigenvalue weighted by atomic mass is 35.5. The third-order valence-electron chi connectivity index (χ3n) is 4.80. The largest absolute Gasteiger partial charge is 0.296 e. The van der Waals surface area contributed by atoms with E-state index in [2.05, 4.69) is 34.3 Å². The number of rotatable bonds is 4. The van der Waals surface area contributed by atoms with E-state index in [9.17, 15) is 0 Å². The van der Waals surface area contributed by atoms with Crippen molar-refractivity contribution in [2.75, 3.05) is 13.1 Å². The molecule has 4 heteroatoms. The van der Waals surface area contributed by atoms with Gasteiger partial charge < -0.3 is 0 Å². The van der Waals surface area contributed by atoms with Gasteiger partial charge in [-0.3, -0.25) is 4.90 Å². The molecular weight excluding hydrogens is 306 g/mol. The minimum absolute atomic E-state index is 0.450. The summed E-state index contributed by atoms with van der Waals surface area (Å²) in [5.41, 5.74) is 3.79. The number of halogens is 1. The molecule has 3 heterocycles. The van der Waals surface area contributed by atoms with Gasteiger partial charge in [0.15, 0.2) is 0 Å². The predicted octanol–water partition coefficient (Wildman–Crippen LogP) is 4.37. The van der Waals surface area contributed by atoms with Gasteiger partial charge in [0.25, 0.3) is 0 Å². The van der Waals surface area contributed by atoms with Crippen LogP contribution in [0.5, 0.6) is 0 Å². The highest BCUT2D eigenvalue weighted by Crippen LogP contribution is 2.35. The van der Waals surface area contributed by atoms with Crippen LogP contribution in [0.3, 0.4) is 0 Å². The summed E-state index contributed by atoms with van der Waals surface area (Å²) in [6.45, 7) is 2.20. The Balaban J connectivity index is 1.51. The summed E-state index contributed by atoms with van der Waals surface area (Å²) >= 11 is 6.41. The second-order valence-corrected chi connectivity index (χ2v) is 6.57. The fraction of sp³-hybridized carbons (Fsp3) is 0.316. The molecule has 3 nitrogen and oxygen atoms in total. The third kappa shape index (κ3) is 2.87. The van der Waals surface area contributed by atoms with Crippen LogP contribution >= 0.6 is 11.6 Å². The van der Waals surface area contributed by atoms with Gasteiger partial charge in [-0.2, -0.15) is 5.10 Å². The lowest BCUT2D eigenvalue weighted by atomic mass is 10.0. The maximum atomic E-state index is 6.41. The molecule has 0 radical (unpaired) electrons. The molecule has 1 atom stereocenters. The molecule has 23 heavy (non-hydrogen) atoms. The molecule has 0 spiro atoms. The van der Waals surface area contributed by atoms with Crippen molar-refractivity contribution in [1.29, 1.82) is 0 Å². The van der Waals surface area contributed by atoms with Crippen LogP contribution in [0.1, 0.15) is 30.0 Å². The van der Waals surface area contributed by atoms with Crippen LogP contribution in [0.25, 0.3) is 5.52 Å². The van der Waals surface area contributed by atoms with Crippen molar-refractivity contribution in [2.45, 2.75) is 25.3 Å². The first-order valence-corrected chi connectivity index (χ1v) is 8.60. The Labute approximate surface area is 141 Å². The summed E-state index contributed by atoms with van der Waals surface area (Å²) in [5.74, 6) is 0. The Morgan fingerprint density at radius 1 is 1.13 bits per heavy atom. The molecule has 3 aromatic rings. The first-order chi connectivity index (χ1) is 11.3. The molecule has 1 aliphatic rings. The molecule has 1 fully saturated rings. The van der Waals surface area contributed by atoms with E-state index >= 15 is 0 Å². The summed E-state index contributed by atoms with van der Waals surface area (Å²) in [6.07, 6.45) is 7.45. The second kappa shape index (κ2) is 6.34. The maximum absolute atomic E-state index is 6.41. The van der Waals surface area contributed by atoms with E-state index in [1.807, 2.05) is 35.1 Å². The zero-order chi connectivity index (χ0) is 15.6. The van der Waals surface area contributed by atoms with Crippen molar-refractivity contribution >= 4 is 17.1 Å². The lowest BCUT2D eigenvalue weighted by molar-refractivity contribution is 0.261. The highest BCUT2D eigenvalue weighted by molar-refractivity contribution is 6.31. The molecule has 4 rings (SSSR count). The van der Waals surface area contributed by atoms with Crippen molar-refractivity contribution < 1.29 is 0 Å². The van der Waals surface area contributed by atoms with E-state index < -0.39 is 0 Å². The Morgan fingerprint density at radius 3 is 2.91 bits per heavy atom. The van der Waals surface area contributed by atoms with E-state index in [0.717, 1.165) is 24.5 Å². The zero-order valence-electron chi connectivity index (χ0n) is 13.0. The number of likely N-dealkylation sites (tertiary alicyclic amines) is 1. The molecule has 1 aromatic carbocycles. The van der Waals surface area contributed by atoms with Crippen LogP contribution in [0, 0.1) is 0 Å². The molecule has 0 unspecified atom stereocenters. The van der Waals surface area contributed by atoms with Crippen LogP contribution in [0.15, 0.2) is 54.9 Å². The van der Waals surface area contributed by atoms with Gasteiger partial charge in [0.1, 0.15) is 0 Å². The molecule has 0 amide bonds. The number of hydrogen-bond acceptors (Lipinski definition) is 2. The highest BCUT2D eigenvalue weighted by Gasteiger charge is 2.27. The van der Waals surface area contributed by atoms with Crippen LogP contribution in [-0.2, 0) is 6.42 Å². The summed E-state index contributed by atoms with van der Waals surface area (Å²) in [4.78, 5) is 2.56. The fourth-order valence-electron chi connectivity index (χ4n) is 3.64. The normalized spacial score (nSPS) is 18.7. The standard InChI is InChI=1S/C19H20ClN3/c20-17-7-2-1-6-16(17)19-9-5-11-22(19)13-10-15-14-21-23-12-4-3-8-18(15)23/h1-4,6-8,12,14,19H,5,9-11,13H2/t19-/m0/s1. The second-order valence-electron chi connectivity index (χ2n) is 6.17. The quantitative estimate of drug-likeness (QED) is 0.710. The number of aromatic nitrogens is 2. The van der Waals surface area contributed by atoms with Crippen LogP contribution in [0.2, 0.25) is 5.02 Å². The van der Waals surface area contributed by atoms with Crippen LogP contribution < -0.4 is 0 Å². The average Bonchev–Trinajstić information content (AvgIpc) is 3.20. The zero-order valence-corrected chi connectivity index (χ0v) is 13.8. The Hall–Kier alpha value is -1.84. The number of benzene rings is 1. The smallest absolute Gasteiger partial charge is 0.0694 e. The molecule has 1 aliphatic heterocycles. The summed E-state index contributed by atoms with van der Waals surface area (Å²) in [7, 11) is 0. The van der Waals surface area contributed by atoms with Crippen molar-refractivity contribution in [1.82, 2.24) is 14.5 Å². The fourth-order valence-corrected chi connectivity index (χ4v) is 3.90. The van der Waals surface area contributed by atoms with E-state index in [1.54, 1.807) is 0 Å². The number of fused-ring (bicyclic) bond motifs is 1. The van der Waals surface area contributed by atoms with Gasteiger partial charge in [-0.1, -0.05) is 35.9 Å². The Morgan fingerprint density at radius 2 is 2.00 bits per heavy atom.